The third-order valence-corrected chi connectivity index (χ3v) is 4.23. The molecular formula is C21H25NO5. The molecule has 27 heavy (non-hydrogen) atoms. The number of aryl methyl sites for hydroxylation is 1. The van der Waals surface area contributed by atoms with Crippen LogP contribution >= 0.6 is 0 Å². The van der Waals surface area contributed by atoms with Gasteiger partial charge in [-0.2, -0.15) is 0 Å². The molecule has 2 rings (SSSR count). The van der Waals surface area contributed by atoms with E-state index >= 15 is 0 Å². The first-order chi connectivity index (χ1) is 12.9. The molecule has 1 amide bonds. The van der Waals surface area contributed by atoms with E-state index in [0.717, 1.165) is 11.1 Å². The van der Waals surface area contributed by atoms with Crippen LogP contribution in [0.15, 0.2) is 48.5 Å². The highest BCUT2D eigenvalue weighted by Crippen LogP contribution is 2.21. The molecule has 2 aromatic rings. The second-order valence-corrected chi connectivity index (χ2v) is 6.14. The molecule has 0 aliphatic carbocycles. The molecule has 144 valence electrons. The number of carbonyl (C=O) groups is 2. The third-order valence-electron chi connectivity index (χ3n) is 4.23. The third kappa shape index (κ3) is 5.56. The van der Waals surface area contributed by atoms with E-state index in [4.69, 9.17) is 9.47 Å². The standard InChI is InChI=1S/C21H25NO5/c1-4-26-21(25)19(20(24)16-10-6-5-7-11-16)22-18(23)13-27-17-12-8-9-14(2)15(17)3/h5-12,19-20,24H,4,13H2,1-3H3,(H,22,23). The van der Waals surface area contributed by atoms with Gasteiger partial charge in [-0.3, -0.25) is 4.79 Å². The van der Waals surface area contributed by atoms with Gasteiger partial charge in [0.25, 0.3) is 5.91 Å². The van der Waals surface area contributed by atoms with Gasteiger partial charge >= 0.3 is 5.97 Å². The van der Waals surface area contributed by atoms with Crippen molar-refractivity contribution in [2.75, 3.05) is 13.2 Å². The Hall–Kier alpha value is -2.86. The number of esters is 1. The minimum Gasteiger partial charge on any atom is -0.483 e. The summed E-state index contributed by atoms with van der Waals surface area (Å²) in [5.41, 5.74) is 2.50. The van der Waals surface area contributed by atoms with E-state index in [1.807, 2.05) is 26.0 Å². The molecule has 0 saturated heterocycles. The van der Waals surface area contributed by atoms with E-state index in [0.29, 0.717) is 11.3 Å². The average molecular weight is 371 g/mol. The normalized spacial score (nSPS) is 12.7. The molecule has 0 heterocycles. The van der Waals surface area contributed by atoms with Crippen LogP contribution in [0.1, 0.15) is 29.7 Å². The van der Waals surface area contributed by atoms with Crippen molar-refractivity contribution in [2.45, 2.75) is 32.9 Å². The lowest BCUT2D eigenvalue weighted by Crippen LogP contribution is -2.47. The fourth-order valence-corrected chi connectivity index (χ4v) is 2.58. The van der Waals surface area contributed by atoms with Gasteiger partial charge in [-0.15, -0.1) is 0 Å². The number of hydrogen-bond acceptors (Lipinski definition) is 5. The predicted molar refractivity (Wildman–Crippen MR) is 101 cm³/mol. The first-order valence-corrected chi connectivity index (χ1v) is 8.82. The van der Waals surface area contributed by atoms with E-state index in [9.17, 15) is 14.7 Å². The van der Waals surface area contributed by atoms with Crippen molar-refractivity contribution < 1.29 is 24.2 Å². The molecule has 2 atom stereocenters. The van der Waals surface area contributed by atoms with Crippen molar-refractivity contribution in [1.82, 2.24) is 5.32 Å². The summed E-state index contributed by atoms with van der Waals surface area (Å²) in [5.74, 6) is -0.626. The Balaban J connectivity index is 2.06. The smallest absolute Gasteiger partial charge is 0.331 e. The van der Waals surface area contributed by atoms with Crippen molar-refractivity contribution in [3.8, 4) is 5.75 Å². The Morgan fingerprint density at radius 2 is 1.78 bits per heavy atom. The molecule has 0 fully saturated rings. The number of carbonyl (C=O) groups excluding carboxylic acids is 2. The summed E-state index contributed by atoms with van der Waals surface area (Å²) in [6.07, 6.45) is -1.23. The van der Waals surface area contributed by atoms with Gasteiger partial charge in [0.1, 0.15) is 11.9 Å². The number of rotatable bonds is 8. The number of benzene rings is 2. The zero-order valence-electron chi connectivity index (χ0n) is 15.8. The van der Waals surface area contributed by atoms with E-state index in [-0.39, 0.29) is 13.2 Å². The van der Waals surface area contributed by atoms with Crippen LogP contribution in [0.5, 0.6) is 5.75 Å². The van der Waals surface area contributed by atoms with Crippen molar-refractivity contribution in [2.24, 2.45) is 0 Å². The Morgan fingerprint density at radius 3 is 2.44 bits per heavy atom. The minimum absolute atomic E-state index is 0.145. The van der Waals surface area contributed by atoms with Crippen LogP contribution in [0.2, 0.25) is 0 Å². The molecule has 0 saturated carbocycles. The average Bonchev–Trinajstić information content (AvgIpc) is 2.67. The molecule has 0 spiro atoms. The van der Waals surface area contributed by atoms with Crippen LogP contribution in [-0.4, -0.2) is 36.2 Å². The summed E-state index contributed by atoms with van der Waals surface area (Å²) in [6, 6.07) is 13.0. The van der Waals surface area contributed by atoms with E-state index in [1.165, 1.54) is 0 Å². The van der Waals surface area contributed by atoms with Crippen LogP contribution in [-0.2, 0) is 14.3 Å². The highest BCUT2D eigenvalue weighted by Gasteiger charge is 2.31. The molecule has 6 nitrogen and oxygen atoms in total. The van der Waals surface area contributed by atoms with E-state index in [2.05, 4.69) is 5.32 Å². The van der Waals surface area contributed by atoms with Gasteiger partial charge in [-0.05, 0) is 43.5 Å². The fourth-order valence-electron chi connectivity index (χ4n) is 2.58. The first kappa shape index (κ1) is 20.5. The Morgan fingerprint density at radius 1 is 1.07 bits per heavy atom. The van der Waals surface area contributed by atoms with Gasteiger partial charge in [0.15, 0.2) is 12.6 Å². The minimum atomic E-state index is -1.23. The summed E-state index contributed by atoms with van der Waals surface area (Å²) >= 11 is 0. The van der Waals surface area contributed by atoms with Crippen LogP contribution in [0.3, 0.4) is 0 Å². The SMILES string of the molecule is CCOC(=O)C(NC(=O)COc1cccc(C)c1C)C(O)c1ccccc1. The largest absolute Gasteiger partial charge is 0.483 e. The van der Waals surface area contributed by atoms with Crippen LogP contribution in [0.4, 0.5) is 0 Å². The molecule has 0 bridgehead atoms. The van der Waals surface area contributed by atoms with Gasteiger partial charge < -0.3 is 19.9 Å². The second-order valence-electron chi connectivity index (χ2n) is 6.14. The molecule has 0 aliphatic rings. The van der Waals surface area contributed by atoms with Gasteiger partial charge in [0.05, 0.1) is 6.61 Å². The van der Waals surface area contributed by atoms with Gasteiger partial charge in [-0.25, -0.2) is 4.79 Å². The monoisotopic (exact) mass is 371 g/mol. The Labute approximate surface area is 159 Å². The maximum absolute atomic E-state index is 12.3. The predicted octanol–water partition coefficient (Wildman–Crippen LogP) is 2.46. The maximum Gasteiger partial charge on any atom is 0.331 e. The van der Waals surface area contributed by atoms with Gasteiger partial charge in [-0.1, -0.05) is 42.5 Å². The number of aliphatic hydroxyl groups is 1. The quantitative estimate of drug-likeness (QED) is 0.697. The lowest BCUT2D eigenvalue weighted by atomic mass is 10.0. The van der Waals surface area contributed by atoms with Crippen molar-refractivity contribution in [3.63, 3.8) is 0 Å². The number of nitrogens with one attached hydrogen (secondary N) is 1. The van der Waals surface area contributed by atoms with Gasteiger partial charge in [0.2, 0.25) is 0 Å². The summed E-state index contributed by atoms with van der Waals surface area (Å²) in [7, 11) is 0. The number of amides is 1. The fraction of sp³-hybridized carbons (Fsp3) is 0.333. The zero-order chi connectivity index (χ0) is 19.8. The lowest BCUT2D eigenvalue weighted by Gasteiger charge is -2.23. The maximum atomic E-state index is 12.3. The Bertz CT molecular complexity index is 775. The highest BCUT2D eigenvalue weighted by atomic mass is 16.5. The summed E-state index contributed by atoms with van der Waals surface area (Å²) < 4.78 is 10.6. The number of hydrogen-bond donors (Lipinski definition) is 2. The van der Waals surface area contributed by atoms with Gasteiger partial charge in [0, 0.05) is 0 Å². The molecule has 0 aliphatic heterocycles. The Kier molecular flexibility index (Phi) is 7.37. The molecule has 0 aromatic heterocycles. The highest BCUT2D eigenvalue weighted by molar-refractivity contribution is 5.85. The van der Waals surface area contributed by atoms with Crippen LogP contribution in [0, 0.1) is 13.8 Å². The van der Waals surface area contributed by atoms with Crippen molar-refractivity contribution >= 4 is 11.9 Å². The molecule has 2 aromatic carbocycles. The summed E-state index contributed by atoms with van der Waals surface area (Å²) in [4.78, 5) is 24.5. The molecule has 0 radical (unpaired) electrons. The number of aliphatic hydroxyl groups excluding tert-OH is 1. The summed E-state index contributed by atoms with van der Waals surface area (Å²) in [6.45, 7) is 5.39. The van der Waals surface area contributed by atoms with Crippen molar-refractivity contribution in [1.29, 1.82) is 0 Å². The molecule has 2 unspecified atom stereocenters. The molecule has 6 heteroatoms. The van der Waals surface area contributed by atoms with E-state index in [1.54, 1.807) is 43.3 Å². The topological polar surface area (TPSA) is 84.9 Å². The zero-order valence-corrected chi connectivity index (χ0v) is 15.8. The number of ether oxygens (including phenoxy) is 2. The molecular weight excluding hydrogens is 346 g/mol. The van der Waals surface area contributed by atoms with E-state index < -0.39 is 24.0 Å². The second kappa shape index (κ2) is 9.73. The van der Waals surface area contributed by atoms with Crippen LogP contribution < -0.4 is 10.1 Å². The summed E-state index contributed by atoms with van der Waals surface area (Å²) in [5, 5.41) is 13.1. The molecule has 2 N–H and O–H groups in total. The van der Waals surface area contributed by atoms with Crippen LogP contribution in [0.25, 0.3) is 0 Å². The van der Waals surface area contributed by atoms with Crippen molar-refractivity contribution in [3.05, 3.63) is 65.2 Å². The lowest BCUT2D eigenvalue weighted by molar-refractivity contribution is -0.151. The first-order valence-electron chi connectivity index (χ1n) is 8.82.